The van der Waals surface area contributed by atoms with Crippen LogP contribution in [0.1, 0.15) is 30.1 Å². The quantitative estimate of drug-likeness (QED) is 0.686. The Bertz CT molecular complexity index is 1030. The number of para-hydroxylation sites is 1. The molecule has 0 bridgehead atoms. The lowest BCUT2D eigenvalue weighted by Gasteiger charge is -2.22. The minimum atomic E-state index is -0.296. The number of furan rings is 1. The molecule has 3 aromatic rings. The molecular formula is C22H24N2O4. The van der Waals surface area contributed by atoms with Gasteiger partial charge in [0.15, 0.2) is 0 Å². The van der Waals surface area contributed by atoms with Crippen molar-refractivity contribution in [3.63, 3.8) is 0 Å². The molecule has 146 valence electrons. The van der Waals surface area contributed by atoms with Gasteiger partial charge in [0.1, 0.15) is 17.2 Å². The van der Waals surface area contributed by atoms with E-state index in [4.69, 9.17) is 9.15 Å². The van der Waals surface area contributed by atoms with Gasteiger partial charge in [-0.1, -0.05) is 31.5 Å². The molecule has 6 heteroatoms. The van der Waals surface area contributed by atoms with E-state index in [1.54, 1.807) is 6.07 Å². The molecule has 0 saturated carbocycles. The van der Waals surface area contributed by atoms with Gasteiger partial charge in [-0.05, 0) is 36.6 Å². The fourth-order valence-electron chi connectivity index (χ4n) is 3.99. The van der Waals surface area contributed by atoms with Gasteiger partial charge in [-0.25, -0.2) is 0 Å². The number of hydrogen-bond acceptors (Lipinski definition) is 5. The maximum absolute atomic E-state index is 12.7. The second-order valence-electron chi connectivity index (χ2n) is 7.29. The third-order valence-electron chi connectivity index (χ3n) is 5.62. The Labute approximate surface area is 163 Å². The highest BCUT2D eigenvalue weighted by atomic mass is 16.5. The fourth-order valence-corrected chi connectivity index (χ4v) is 3.99. The van der Waals surface area contributed by atoms with Crippen LogP contribution >= 0.6 is 0 Å². The second kappa shape index (κ2) is 7.64. The topological polar surface area (TPSA) is 71.8 Å². The molecule has 1 saturated heterocycles. The number of carbonyl (C=O) groups excluding carboxylic acids is 2. The second-order valence-corrected chi connectivity index (χ2v) is 7.29. The summed E-state index contributed by atoms with van der Waals surface area (Å²) in [5.41, 5.74) is 2.13. The highest BCUT2D eigenvalue weighted by molar-refractivity contribution is 6.08. The Morgan fingerprint density at radius 3 is 2.75 bits per heavy atom. The molecule has 1 aromatic heterocycles. The van der Waals surface area contributed by atoms with Gasteiger partial charge in [-0.2, -0.15) is 0 Å². The summed E-state index contributed by atoms with van der Waals surface area (Å²) in [6, 6.07) is 12.9. The van der Waals surface area contributed by atoms with E-state index >= 15 is 0 Å². The molecule has 28 heavy (non-hydrogen) atoms. The van der Waals surface area contributed by atoms with Crippen LogP contribution in [0, 0.1) is 5.92 Å². The maximum Gasteiger partial charge on any atom is 0.323 e. The molecule has 0 spiro atoms. The SMILES string of the molecule is CCC1CC(C(=O)OC)N(CNC(=O)c2ccc3oc4ccccc4c3c2)C1. The van der Waals surface area contributed by atoms with Crippen LogP contribution in [0.15, 0.2) is 46.9 Å². The van der Waals surface area contributed by atoms with E-state index in [1.807, 2.05) is 41.3 Å². The summed E-state index contributed by atoms with van der Waals surface area (Å²) in [4.78, 5) is 26.8. The predicted molar refractivity (Wildman–Crippen MR) is 107 cm³/mol. The van der Waals surface area contributed by atoms with Gasteiger partial charge in [0.2, 0.25) is 0 Å². The average molecular weight is 380 g/mol. The van der Waals surface area contributed by atoms with Crippen LogP contribution in [0.3, 0.4) is 0 Å². The number of methoxy groups -OCH3 is 1. The standard InChI is InChI=1S/C22H24N2O4/c1-3-14-10-18(22(26)27-2)24(12-14)13-23-21(25)15-8-9-20-17(11-15)16-6-4-5-7-19(16)28-20/h4-9,11,14,18H,3,10,12-13H2,1-2H3,(H,23,25). The van der Waals surface area contributed by atoms with E-state index < -0.39 is 0 Å². The summed E-state index contributed by atoms with van der Waals surface area (Å²) in [5, 5.41) is 4.86. The number of benzene rings is 2. The van der Waals surface area contributed by atoms with Crippen LogP contribution in [0.2, 0.25) is 0 Å². The number of likely N-dealkylation sites (tertiary alicyclic amines) is 1. The molecule has 1 aliphatic rings. The molecule has 2 atom stereocenters. The van der Waals surface area contributed by atoms with E-state index in [9.17, 15) is 9.59 Å². The Kier molecular flexibility index (Phi) is 5.05. The normalized spacial score (nSPS) is 19.9. The number of esters is 1. The number of amides is 1. The molecule has 0 aliphatic carbocycles. The summed E-state index contributed by atoms with van der Waals surface area (Å²) in [7, 11) is 1.41. The van der Waals surface area contributed by atoms with Crippen molar-refractivity contribution in [3.8, 4) is 0 Å². The van der Waals surface area contributed by atoms with Crippen molar-refractivity contribution in [2.45, 2.75) is 25.8 Å². The first kappa shape index (κ1) is 18.5. The lowest BCUT2D eigenvalue weighted by atomic mass is 10.0. The van der Waals surface area contributed by atoms with Gasteiger partial charge in [0.25, 0.3) is 5.91 Å². The van der Waals surface area contributed by atoms with Crippen molar-refractivity contribution in [1.29, 1.82) is 0 Å². The van der Waals surface area contributed by atoms with Crippen LogP contribution < -0.4 is 5.32 Å². The zero-order chi connectivity index (χ0) is 19.7. The van der Waals surface area contributed by atoms with Gasteiger partial charge >= 0.3 is 5.97 Å². The zero-order valence-electron chi connectivity index (χ0n) is 16.1. The smallest absolute Gasteiger partial charge is 0.323 e. The van der Waals surface area contributed by atoms with E-state index in [-0.39, 0.29) is 17.9 Å². The minimum Gasteiger partial charge on any atom is -0.468 e. The average Bonchev–Trinajstić information content (AvgIpc) is 3.32. The molecular weight excluding hydrogens is 356 g/mol. The highest BCUT2D eigenvalue weighted by Crippen LogP contribution is 2.29. The Morgan fingerprint density at radius 1 is 1.18 bits per heavy atom. The number of carbonyl (C=O) groups is 2. The lowest BCUT2D eigenvalue weighted by Crippen LogP contribution is -2.44. The molecule has 0 radical (unpaired) electrons. The molecule has 4 rings (SSSR count). The predicted octanol–water partition coefficient (Wildman–Crippen LogP) is 3.55. The number of rotatable bonds is 5. The molecule has 1 amide bonds. The van der Waals surface area contributed by atoms with Crippen molar-refractivity contribution in [1.82, 2.24) is 10.2 Å². The monoisotopic (exact) mass is 380 g/mol. The van der Waals surface area contributed by atoms with E-state index in [1.165, 1.54) is 7.11 Å². The number of nitrogens with zero attached hydrogens (tertiary/aromatic N) is 1. The molecule has 1 fully saturated rings. The van der Waals surface area contributed by atoms with Crippen LogP contribution in [0.5, 0.6) is 0 Å². The zero-order valence-corrected chi connectivity index (χ0v) is 16.1. The van der Waals surface area contributed by atoms with Gasteiger partial charge in [0.05, 0.1) is 13.8 Å². The van der Waals surface area contributed by atoms with E-state index in [2.05, 4.69) is 12.2 Å². The number of hydrogen-bond donors (Lipinski definition) is 1. The first-order chi connectivity index (χ1) is 13.6. The van der Waals surface area contributed by atoms with Crippen molar-refractivity contribution in [3.05, 3.63) is 48.0 Å². The molecule has 2 heterocycles. The Balaban J connectivity index is 1.50. The molecule has 2 aromatic carbocycles. The van der Waals surface area contributed by atoms with Crippen LogP contribution in [0.25, 0.3) is 21.9 Å². The summed E-state index contributed by atoms with van der Waals surface area (Å²) in [6.07, 6.45) is 1.77. The molecule has 6 nitrogen and oxygen atoms in total. The molecule has 1 N–H and O–H groups in total. The summed E-state index contributed by atoms with van der Waals surface area (Å²) < 4.78 is 10.7. The summed E-state index contributed by atoms with van der Waals surface area (Å²) >= 11 is 0. The van der Waals surface area contributed by atoms with Crippen molar-refractivity contribution in [2.24, 2.45) is 5.92 Å². The number of fused-ring (bicyclic) bond motifs is 3. The van der Waals surface area contributed by atoms with Gasteiger partial charge in [0, 0.05) is 22.9 Å². The third kappa shape index (κ3) is 3.36. The minimum absolute atomic E-state index is 0.171. The Morgan fingerprint density at radius 2 is 1.96 bits per heavy atom. The van der Waals surface area contributed by atoms with Crippen molar-refractivity contribution < 1.29 is 18.7 Å². The fraction of sp³-hybridized carbons (Fsp3) is 0.364. The first-order valence-corrected chi connectivity index (χ1v) is 9.62. The van der Waals surface area contributed by atoms with Crippen LogP contribution in [-0.2, 0) is 9.53 Å². The largest absolute Gasteiger partial charge is 0.468 e. The van der Waals surface area contributed by atoms with Crippen molar-refractivity contribution in [2.75, 3.05) is 20.3 Å². The van der Waals surface area contributed by atoms with Crippen molar-refractivity contribution >= 4 is 33.8 Å². The molecule has 2 unspecified atom stereocenters. The lowest BCUT2D eigenvalue weighted by molar-refractivity contribution is -0.145. The molecule has 1 aliphatic heterocycles. The van der Waals surface area contributed by atoms with Gasteiger partial charge < -0.3 is 14.5 Å². The highest BCUT2D eigenvalue weighted by Gasteiger charge is 2.36. The summed E-state index contributed by atoms with van der Waals surface area (Å²) in [5.74, 6) is 0.0295. The van der Waals surface area contributed by atoms with Gasteiger partial charge in [-0.3, -0.25) is 14.5 Å². The van der Waals surface area contributed by atoms with Gasteiger partial charge in [-0.15, -0.1) is 0 Å². The Hall–Kier alpha value is -2.86. The number of nitrogens with one attached hydrogen (secondary N) is 1. The van der Waals surface area contributed by atoms with Crippen LogP contribution in [0.4, 0.5) is 0 Å². The maximum atomic E-state index is 12.7. The van der Waals surface area contributed by atoms with Crippen LogP contribution in [-0.4, -0.2) is 43.1 Å². The third-order valence-corrected chi connectivity index (χ3v) is 5.62. The van der Waals surface area contributed by atoms with E-state index in [0.29, 0.717) is 18.2 Å². The number of ether oxygens (including phenoxy) is 1. The summed E-state index contributed by atoms with van der Waals surface area (Å²) in [6.45, 7) is 3.22. The first-order valence-electron chi connectivity index (χ1n) is 9.62. The van der Waals surface area contributed by atoms with E-state index in [0.717, 1.165) is 41.3 Å².